The van der Waals surface area contributed by atoms with E-state index in [0.29, 0.717) is 17.8 Å². The van der Waals surface area contributed by atoms with Gasteiger partial charge in [-0.3, -0.25) is 10.1 Å². The predicted molar refractivity (Wildman–Crippen MR) is 63.7 cm³/mol. The van der Waals surface area contributed by atoms with Crippen molar-refractivity contribution in [3.63, 3.8) is 0 Å². The standard InChI is InChI=1S/C11H13N3O4/c1-2-6-3-8(6)13-10-4-7(11(15)16)9(5-12-10)14(17)18/h4-6,8H,2-3H2,1H3,(H,12,13)(H,15,16). The molecule has 0 saturated heterocycles. The quantitative estimate of drug-likeness (QED) is 0.611. The first-order valence-corrected chi connectivity index (χ1v) is 5.67. The monoisotopic (exact) mass is 251 g/mol. The van der Waals surface area contributed by atoms with Gasteiger partial charge in [-0.05, 0) is 12.3 Å². The lowest BCUT2D eigenvalue weighted by Gasteiger charge is -2.05. The molecule has 1 aromatic rings. The van der Waals surface area contributed by atoms with Gasteiger partial charge < -0.3 is 10.4 Å². The second-order valence-corrected chi connectivity index (χ2v) is 4.30. The lowest BCUT2D eigenvalue weighted by molar-refractivity contribution is -0.385. The van der Waals surface area contributed by atoms with Gasteiger partial charge in [0, 0.05) is 12.1 Å². The lowest BCUT2D eigenvalue weighted by Crippen LogP contribution is -2.09. The molecule has 18 heavy (non-hydrogen) atoms. The topological polar surface area (TPSA) is 105 Å². The number of nitrogens with one attached hydrogen (secondary N) is 1. The molecule has 0 aromatic carbocycles. The van der Waals surface area contributed by atoms with Crippen molar-refractivity contribution in [1.82, 2.24) is 4.98 Å². The molecular formula is C11H13N3O4. The summed E-state index contributed by atoms with van der Waals surface area (Å²) in [5.41, 5.74) is -0.831. The van der Waals surface area contributed by atoms with Crippen molar-refractivity contribution in [2.24, 2.45) is 5.92 Å². The van der Waals surface area contributed by atoms with Crippen molar-refractivity contribution in [1.29, 1.82) is 0 Å². The first kappa shape index (κ1) is 12.3. The van der Waals surface area contributed by atoms with E-state index in [4.69, 9.17) is 5.11 Å². The number of nitro groups is 1. The summed E-state index contributed by atoms with van der Waals surface area (Å²) in [5.74, 6) is -0.371. The largest absolute Gasteiger partial charge is 0.477 e. The number of anilines is 1. The van der Waals surface area contributed by atoms with E-state index in [1.54, 1.807) is 0 Å². The Morgan fingerprint density at radius 2 is 2.44 bits per heavy atom. The number of nitrogens with zero attached hydrogens (tertiary/aromatic N) is 2. The minimum Gasteiger partial charge on any atom is -0.477 e. The van der Waals surface area contributed by atoms with Crippen molar-refractivity contribution in [2.75, 3.05) is 5.32 Å². The van der Waals surface area contributed by atoms with Crippen LogP contribution in [-0.2, 0) is 0 Å². The Morgan fingerprint density at radius 1 is 1.72 bits per heavy atom. The molecule has 0 radical (unpaired) electrons. The highest BCUT2D eigenvalue weighted by atomic mass is 16.6. The van der Waals surface area contributed by atoms with Crippen LogP contribution in [-0.4, -0.2) is 27.0 Å². The van der Waals surface area contributed by atoms with Crippen LogP contribution in [0.5, 0.6) is 0 Å². The minimum absolute atomic E-state index is 0.297. The van der Waals surface area contributed by atoms with Crippen LogP contribution < -0.4 is 5.32 Å². The molecule has 7 heteroatoms. The zero-order chi connectivity index (χ0) is 13.3. The van der Waals surface area contributed by atoms with E-state index >= 15 is 0 Å². The Labute approximate surface area is 103 Å². The van der Waals surface area contributed by atoms with Crippen LogP contribution in [0.2, 0.25) is 0 Å². The van der Waals surface area contributed by atoms with Crippen LogP contribution in [0.15, 0.2) is 12.3 Å². The molecule has 2 N–H and O–H groups in total. The third-order valence-electron chi connectivity index (χ3n) is 3.09. The molecule has 2 rings (SSSR count). The molecular weight excluding hydrogens is 238 g/mol. The fraction of sp³-hybridized carbons (Fsp3) is 0.455. The summed E-state index contributed by atoms with van der Waals surface area (Å²) in [5, 5.41) is 22.7. The Morgan fingerprint density at radius 3 is 2.94 bits per heavy atom. The predicted octanol–water partition coefficient (Wildman–Crippen LogP) is 1.90. The zero-order valence-corrected chi connectivity index (χ0v) is 9.79. The highest BCUT2D eigenvalue weighted by Crippen LogP contribution is 2.36. The average Bonchev–Trinajstić information content (AvgIpc) is 3.07. The van der Waals surface area contributed by atoms with E-state index in [2.05, 4.69) is 17.2 Å². The number of rotatable bonds is 5. The number of aromatic carboxylic acids is 1. The number of pyridine rings is 1. The van der Waals surface area contributed by atoms with Gasteiger partial charge in [0.25, 0.3) is 0 Å². The molecule has 2 atom stereocenters. The summed E-state index contributed by atoms with van der Waals surface area (Å²) in [6.07, 6.45) is 3.06. The Bertz CT molecular complexity index is 503. The number of hydrogen-bond acceptors (Lipinski definition) is 5. The molecule has 1 aliphatic carbocycles. The normalized spacial score (nSPS) is 21.4. The zero-order valence-electron chi connectivity index (χ0n) is 9.79. The van der Waals surface area contributed by atoms with Crippen LogP contribution in [0.3, 0.4) is 0 Å². The van der Waals surface area contributed by atoms with Crippen LogP contribution in [0.4, 0.5) is 11.5 Å². The highest BCUT2D eigenvalue weighted by Gasteiger charge is 2.35. The number of aromatic nitrogens is 1. The first-order valence-electron chi connectivity index (χ1n) is 5.67. The van der Waals surface area contributed by atoms with Crippen molar-refractivity contribution < 1.29 is 14.8 Å². The van der Waals surface area contributed by atoms with Gasteiger partial charge in [0.1, 0.15) is 17.6 Å². The molecule has 0 amide bonds. The van der Waals surface area contributed by atoms with Gasteiger partial charge in [0.2, 0.25) is 0 Å². The maximum Gasteiger partial charge on any atom is 0.342 e. The molecule has 1 aromatic heterocycles. The molecule has 0 aliphatic heterocycles. The molecule has 96 valence electrons. The maximum atomic E-state index is 10.9. The fourth-order valence-corrected chi connectivity index (χ4v) is 1.91. The third kappa shape index (κ3) is 2.39. The van der Waals surface area contributed by atoms with Gasteiger partial charge in [-0.2, -0.15) is 0 Å². The van der Waals surface area contributed by atoms with Crippen LogP contribution in [0.1, 0.15) is 30.1 Å². The summed E-state index contributed by atoms with van der Waals surface area (Å²) in [6, 6.07) is 1.51. The van der Waals surface area contributed by atoms with E-state index in [-0.39, 0.29) is 5.56 Å². The van der Waals surface area contributed by atoms with Gasteiger partial charge in [0.05, 0.1) is 4.92 Å². The Kier molecular flexibility index (Phi) is 3.14. The van der Waals surface area contributed by atoms with Crippen LogP contribution in [0, 0.1) is 16.0 Å². The van der Waals surface area contributed by atoms with Gasteiger partial charge in [-0.15, -0.1) is 0 Å². The molecule has 0 spiro atoms. The van der Waals surface area contributed by atoms with Crippen LogP contribution in [0.25, 0.3) is 0 Å². The SMILES string of the molecule is CCC1CC1Nc1cc(C(=O)O)c([N+](=O)[O-])cn1. The van der Waals surface area contributed by atoms with E-state index in [0.717, 1.165) is 19.0 Å². The fourth-order valence-electron chi connectivity index (χ4n) is 1.91. The van der Waals surface area contributed by atoms with Gasteiger partial charge in [-0.1, -0.05) is 13.3 Å². The smallest absolute Gasteiger partial charge is 0.342 e. The van der Waals surface area contributed by atoms with Gasteiger partial charge in [0.15, 0.2) is 0 Å². The van der Waals surface area contributed by atoms with Crippen molar-refractivity contribution >= 4 is 17.5 Å². The second kappa shape index (κ2) is 4.59. The van der Waals surface area contributed by atoms with E-state index in [1.165, 1.54) is 6.07 Å². The Balaban J connectivity index is 2.21. The average molecular weight is 251 g/mol. The van der Waals surface area contributed by atoms with E-state index in [9.17, 15) is 14.9 Å². The van der Waals surface area contributed by atoms with Crippen molar-refractivity contribution in [3.8, 4) is 0 Å². The van der Waals surface area contributed by atoms with Crippen LogP contribution >= 0.6 is 0 Å². The van der Waals surface area contributed by atoms with E-state index in [1.807, 2.05) is 0 Å². The van der Waals surface area contributed by atoms with Gasteiger partial charge in [-0.25, -0.2) is 9.78 Å². The summed E-state index contributed by atoms with van der Waals surface area (Å²) < 4.78 is 0. The molecule has 1 aliphatic rings. The number of carboxylic acid groups (broad SMARTS) is 1. The Hall–Kier alpha value is -2.18. The van der Waals surface area contributed by atoms with E-state index < -0.39 is 16.6 Å². The van der Waals surface area contributed by atoms with Crippen molar-refractivity contribution in [2.45, 2.75) is 25.8 Å². The molecule has 1 heterocycles. The number of hydrogen-bond donors (Lipinski definition) is 2. The minimum atomic E-state index is -1.32. The first-order chi connectivity index (χ1) is 8.52. The molecule has 1 saturated carbocycles. The molecule has 1 fully saturated rings. The maximum absolute atomic E-state index is 10.9. The lowest BCUT2D eigenvalue weighted by atomic mass is 10.2. The molecule has 0 bridgehead atoms. The summed E-state index contributed by atoms with van der Waals surface area (Å²) >= 11 is 0. The number of carbonyl (C=O) groups is 1. The van der Waals surface area contributed by atoms with Gasteiger partial charge >= 0.3 is 11.7 Å². The summed E-state index contributed by atoms with van der Waals surface area (Å²) in [6.45, 7) is 2.08. The number of carboxylic acids is 1. The van der Waals surface area contributed by atoms with Crippen molar-refractivity contribution in [3.05, 3.63) is 27.9 Å². The molecule has 2 unspecified atom stereocenters. The highest BCUT2D eigenvalue weighted by molar-refractivity contribution is 5.93. The summed E-state index contributed by atoms with van der Waals surface area (Å²) in [4.78, 5) is 24.7. The molecule has 7 nitrogen and oxygen atoms in total. The second-order valence-electron chi connectivity index (χ2n) is 4.30. The third-order valence-corrected chi connectivity index (χ3v) is 3.09. The summed E-state index contributed by atoms with van der Waals surface area (Å²) in [7, 11) is 0.